The lowest BCUT2D eigenvalue weighted by Gasteiger charge is -2.21. The first-order valence-corrected chi connectivity index (χ1v) is 11.3. The zero-order chi connectivity index (χ0) is 21.6. The van der Waals surface area contributed by atoms with Gasteiger partial charge in [-0.3, -0.25) is 9.36 Å². The minimum absolute atomic E-state index is 0.0360. The zero-order valence-electron chi connectivity index (χ0n) is 17.4. The van der Waals surface area contributed by atoms with E-state index in [2.05, 4.69) is 10.2 Å². The average molecular weight is 440 g/mol. The molecule has 0 unspecified atom stereocenters. The highest BCUT2D eigenvalue weighted by Crippen LogP contribution is 2.30. The molecule has 0 amide bonds. The molecule has 0 radical (unpaired) electrons. The van der Waals surface area contributed by atoms with Crippen LogP contribution < -0.4 is 4.74 Å². The van der Waals surface area contributed by atoms with Crippen LogP contribution in [0.2, 0.25) is 0 Å². The summed E-state index contributed by atoms with van der Waals surface area (Å²) in [5.41, 5.74) is 1.65. The molecule has 0 atom stereocenters. The maximum Gasteiger partial charge on any atom is 0.316 e. The van der Waals surface area contributed by atoms with Gasteiger partial charge in [0, 0.05) is 11.3 Å². The zero-order valence-corrected chi connectivity index (χ0v) is 18.2. The van der Waals surface area contributed by atoms with Crippen molar-refractivity contribution in [3.8, 4) is 28.6 Å². The van der Waals surface area contributed by atoms with Crippen LogP contribution in [0, 0.1) is 0 Å². The second kappa shape index (κ2) is 9.87. The number of benzene rings is 2. The van der Waals surface area contributed by atoms with Crippen LogP contribution in [0.5, 0.6) is 11.5 Å². The highest BCUT2D eigenvalue weighted by atomic mass is 32.2. The number of phenolic OH excluding ortho intramolecular Hbond substituents is 1. The summed E-state index contributed by atoms with van der Waals surface area (Å²) in [5, 5.41) is 18.9. The number of phenols is 1. The number of aromatic hydroxyl groups is 1. The topological polar surface area (TPSA) is 86.5 Å². The molecule has 1 aromatic heterocycles. The summed E-state index contributed by atoms with van der Waals surface area (Å²) in [6, 6.07) is 14.3. The summed E-state index contributed by atoms with van der Waals surface area (Å²) in [6.45, 7) is 0. The highest BCUT2D eigenvalue weighted by Gasteiger charge is 2.21. The van der Waals surface area contributed by atoms with Crippen LogP contribution in [0.25, 0.3) is 17.1 Å². The molecular weight excluding hydrogens is 414 g/mol. The van der Waals surface area contributed by atoms with Gasteiger partial charge in [-0.05, 0) is 74.2 Å². The van der Waals surface area contributed by atoms with Crippen molar-refractivity contribution in [2.24, 2.45) is 0 Å². The summed E-state index contributed by atoms with van der Waals surface area (Å²) < 4.78 is 12.8. The van der Waals surface area contributed by atoms with Crippen LogP contribution in [0.15, 0.2) is 53.7 Å². The third-order valence-corrected chi connectivity index (χ3v) is 6.16. The van der Waals surface area contributed by atoms with Crippen molar-refractivity contribution in [2.75, 3.05) is 12.9 Å². The van der Waals surface area contributed by atoms with E-state index < -0.39 is 0 Å². The molecule has 1 heterocycles. The fraction of sp³-hybridized carbons (Fsp3) is 0.348. The molecule has 0 bridgehead atoms. The fourth-order valence-corrected chi connectivity index (χ4v) is 4.39. The van der Waals surface area contributed by atoms with Gasteiger partial charge in [-0.1, -0.05) is 18.2 Å². The Balaban J connectivity index is 1.57. The Morgan fingerprint density at radius 3 is 2.45 bits per heavy atom. The largest absolute Gasteiger partial charge is 0.508 e. The third kappa shape index (κ3) is 5.19. The quantitative estimate of drug-likeness (QED) is 0.425. The van der Waals surface area contributed by atoms with Gasteiger partial charge >= 0.3 is 5.97 Å². The van der Waals surface area contributed by atoms with E-state index in [-0.39, 0.29) is 23.6 Å². The lowest BCUT2D eigenvalue weighted by atomic mass is 9.98. The van der Waals surface area contributed by atoms with E-state index >= 15 is 0 Å². The standard InChI is InChI=1S/C23H25N3O4S/c1-29-19-13-9-17(10-14-19)26-22(16-7-11-18(27)12-8-16)24-25-23(26)31-15-21(28)30-20-5-3-2-4-6-20/h7-14,20,27H,2-6,15H2,1H3. The Morgan fingerprint density at radius 2 is 1.77 bits per heavy atom. The number of nitrogens with zero attached hydrogens (tertiary/aromatic N) is 3. The number of rotatable bonds is 7. The Morgan fingerprint density at radius 1 is 1.06 bits per heavy atom. The van der Waals surface area contributed by atoms with E-state index in [0.717, 1.165) is 42.7 Å². The molecule has 0 aliphatic heterocycles. The van der Waals surface area contributed by atoms with Gasteiger partial charge in [0.2, 0.25) is 0 Å². The number of carbonyl (C=O) groups excluding carboxylic acids is 1. The minimum atomic E-state index is -0.229. The fourth-order valence-electron chi connectivity index (χ4n) is 3.65. The van der Waals surface area contributed by atoms with Gasteiger partial charge in [0.15, 0.2) is 11.0 Å². The van der Waals surface area contributed by atoms with E-state index in [4.69, 9.17) is 9.47 Å². The van der Waals surface area contributed by atoms with Gasteiger partial charge in [0.25, 0.3) is 0 Å². The van der Waals surface area contributed by atoms with Gasteiger partial charge in [-0.15, -0.1) is 10.2 Å². The van der Waals surface area contributed by atoms with E-state index in [1.54, 1.807) is 31.4 Å². The number of hydrogen-bond acceptors (Lipinski definition) is 7. The number of thioether (sulfide) groups is 1. The Labute approximate surface area is 185 Å². The van der Waals surface area contributed by atoms with E-state index in [9.17, 15) is 9.90 Å². The molecule has 162 valence electrons. The molecule has 7 nitrogen and oxygen atoms in total. The van der Waals surface area contributed by atoms with Crippen LogP contribution in [-0.2, 0) is 9.53 Å². The number of carbonyl (C=O) groups is 1. The number of hydrogen-bond donors (Lipinski definition) is 1. The predicted molar refractivity (Wildman–Crippen MR) is 119 cm³/mol. The molecular formula is C23H25N3O4S. The molecule has 1 aliphatic carbocycles. The maximum absolute atomic E-state index is 12.4. The van der Waals surface area contributed by atoms with Crippen molar-refractivity contribution in [2.45, 2.75) is 43.4 Å². The molecule has 1 fully saturated rings. The lowest BCUT2D eigenvalue weighted by Crippen LogP contribution is -2.22. The van der Waals surface area contributed by atoms with Crippen molar-refractivity contribution >= 4 is 17.7 Å². The lowest BCUT2D eigenvalue weighted by molar-refractivity contribution is -0.147. The van der Waals surface area contributed by atoms with Crippen molar-refractivity contribution in [3.05, 3.63) is 48.5 Å². The van der Waals surface area contributed by atoms with E-state index in [0.29, 0.717) is 11.0 Å². The molecule has 3 aromatic rings. The van der Waals surface area contributed by atoms with Gasteiger partial charge < -0.3 is 14.6 Å². The number of esters is 1. The first-order chi connectivity index (χ1) is 15.1. The first kappa shape index (κ1) is 21.2. The van der Waals surface area contributed by atoms with Crippen LogP contribution in [0.3, 0.4) is 0 Å². The predicted octanol–water partition coefficient (Wildman–Crippen LogP) is 4.62. The number of methoxy groups -OCH3 is 1. The van der Waals surface area contributed by atoms with Gasteiger partial charge in [0.1, 0.15) is 17.6 Å². The Kier molecular flexibility index (Phi) is 6.76. The summed E-state index contributed by atoms with van der Waals surface area (Å²) in [5.74, 6) is 1.48. The molecule has 1 N–H and O–H groups in total. The summed E-state index contributed by atoms with van der Waals surface area (Å²) in [6.07, 6.45) is 5.38. The monoisotopic (exact) mass is 439 g/mol. The first-order valence-electron chi connectivity index (χ1n) is 10.4. The normalized spacial score (nSPS) is 14.4. The Bertz CT molecular complexity index is 1010. The molecule has 1 aliphatic rings. The molecule has 31 heavy (non-hydrogen) atoms. The van der Waals surface area contributed by atoms with Gasteiger partial charge in [0.05, 0.1) is 12.9 Å². The van der Waals surface area contributed by atoms with Gasteiger partial charge in [-0.25, -0.2) is 0 Å². The van der Waals surface area contributed by atoms with Crippen LogP contribution >= 0.6 is 11.8 Å². The Hall–Kier alpha value is -3.00. The molecule has 8 heteroatoms. The molecule has 2 aromatic carbocycles. The van der Waals surface area contributed by atoms with Crippen molar-refractivity contribution in [1.29, 1.82) is 0 Å². The second-order valence-corrected chi connectivity index (χ2v) is 8.37. The maximum atomic E-state index is 12.4. The van der Waals surface area contributed by atoms with Crippen LogP contribution in [0.4, 0.5) is 0 Å². The van der Waals surface area contributed by atoms with E-state index in [1.807, 2.05) is 28.8 Å². The SMILES string of the molecule is COc1ccc(-n2c(SCC(=O)OC3CCCCC3)nnc2-c2ccc(O)cc2)cc1. The third-order valence-electron chi connectivity index (χ3n) is 5.26. The number of aromatic nitrogens is 3. The number of ether oxygens (including phenoxy) is 2. The van der Waals surface area contributed by atoms with Crippen LogP contribution in [0.1, 0.15) is 32.1 Å². The minimum Gasteiger partial charge on any atom is -0.508 e. The highest BCUT2D eigenvalue weighted by molar-refractivity contribution is 7.99. The van der Waals surface area contributed by atoms with E-state index in [1.165, 1.54) is 18.2 Å². The van der Waals surface area contributed by atoms with Crippen LogP contribution in [-0.4, -0.2) is 44.8 Å². The molecule has 0 saturated heterocycles. The molecule has 4 rings (SSSR count). The van der Waals surface area contributed by atoms with Crippen molar-refractivity contribution < 1.29 is 19.4 Å². The smallest absolute Gasteiger partial charge is 0.316 e. The summed E-state index contributed by atoms with van der Waals surface area (Å²) in [4.78, 5) is 12.4. The summed E-state index contributed by atoms with van der Waals surface area (Å²) >= 11 is 1.30. The second-order valence-electron chi connectivity index (χ2n) is 7.43. The van der Waals surface area contributed by atoms with Crippen molar-refractivity contribution in [1.82, 2.24) is 14.8 Å². The van der Waals surface area contributed by atoms with Gasteiger partial charge in [-0.2, -0.15) is 0 Å². The summed E-state index contributed by atoms with van der Waals surface area (Å²) in [7, 11) is 1.62. The molecule has 0 spiro atoms. The molecule has 1 saturated carbocycles. The average Bonchev–Trinajstić information content (AvgIpc) is 3.23. The van der Waals surface area contributed by atoms with Crippen molar-refractivity contribution in [3.63, 3.8) is 0 Å².